The van der Waals surface area contributed by atoms with Crippen LogP contribution in [0.5, 0.6) is 0 Å². The van der Waals surface area contributed by atoms with Crippen LogP contribution < -0.4 is 10.2 Å². The van der Waals surface area contributed by atoms with E-state index in [1.165, 1.54) is 6.42 Å². The molecule has 24 heavy (non-hydrogen) atoms. The molecule has 0 radical (unpaired) electrons. The first-order valence-corrected chi connectivity index (χ1v) is 9.04. The standard InChI is InChI=1S/C18H21ClN4O/c19-13-4-5-15-16(10-13)20-11-17(22-15)23-8-6-14(7-9-23)21-18(24)12-2-1-3-12/h4-5,10-12,14H,1-3,6-9H2,(H,21,24). The molecule has 1 N–H and O–H groups in total. The first kappa shape index (κ1) is 15.6. The molecule has 1 saturated heterocycles. The molecule has 1 aromatic carbocycles. The summed E-state index contributed by atoms with van der Waals surface area (Å²) in [4.78, 5) is 23.5. The Morgan fingerprint density at radius 1 is 1.17 bits per heavy atom. The Morgan fingerprint density at radius 3 is 2.67 bits per heavy atom. The summed E-state index contributed by atoms with van der Waals surface area (Å²) in [5.41, 5.74) is 1.67. The van der Waals surface area contributed by atoms with Crippen molar-refractivity contribution in [3.05, 3.63) is 29.4 Å². The van der Waals surface area contributed by atoms with Crippen molar-refractivity contribution in [3.63, 3.8) is 0 Å². The number of piperidine rings is 1. The van der Waals surface area contributed by atoms with Crippen molar-refractivity contribution in [2.24, 2.45) is 5.92 Å². The zero-order valence-electron chi connectivity index (χ0n) is 13.5. The average Bonchev–Trinajstić information content (AvgIpc) is 2.53. The summed E-state index contributed by atoms with van der Waals surface area (Å²) >= 11 is 5.99. The molecule has 4 rings (SSSR count). The van der Waals surface area contributed by atoms with E-state index in [-0.39, 0.29) is 11.8 Å². The molecule has 2 fully saturated rings. The highest BCUT2D eigenvalue weighted by molar-refractivity contribution is 6.31. The second-order valence-electron chi connectivity index (χ2n) is 6.76. The molecule has 1 aliphatic heterocycles. The third-order valence-electron chi connectivity index (χ3n) is 5.13. The maximum atomic E-state index is 12.1. The molecule has 126 valence electrons. The maximum Gasteiger partial charge on any atom is 0.223 e. The third kappa shape index (κ3) is 3.18. The van der Waals surface area contributed by atoms with Crippen LogP contribution in [-0.2, 0) is 4.79 Å². The Bertz CT molecular complexity index is 754. The first-order chi connectivity index (χ1) is 11.7. The molecule has 1 saturated carbocycles. The van der Waals surface area contributed by atoms with Crippen molar-refractivity contribution in [1.82, 2.24) is 15.3 Å². The van der Waals surface area contributed by atoms with Gasteiger partial charge in [0.1, 0.15) is 5.82 Å². The van der Waals surface area contributed by atoms with E-state index in [2.05, 4.69) is 15.2 Å². The Kier molecular flexibility index (Phi) is 4.27. The molecule has 6 heteroatoms. The fraction of sp³-hybridized carbons (Fsp3) is 0.500. The van der Waals surface area contributed by atoms with Crippen LogP contribution in [0.2, 0.25) is 5.02 Å². The van der Waals surface area contributed by atoms with Crippen LogP contribution in [0.15, 0.2) is 24.4 Å². The monoisotopic (exact) mass is 344 g/mol. The van der Waals surface area contributed by atoms with Crippen molar-refractivity contribution in [2.45, 2.75) is 38.1 Å². The number of anilines is 1. The van der Waals surface area contributed by atoms with Gasteiger partial charge in [0.25, 0.3) is 0 Å². The molecule has 1 aromatic heterocycles. The SMILES string of the molecule is O=C(NC1CCN(c2cnc3cc(Cl)ccc3n2)CC1)C1CCC1. The predicted octanol–water partition coefficient (Wildman–Crippen LogP) is 3.17. The van der Waals surface area contributed by atoms with E-state index < -0.39 is 0 Å². The summed E-state index contributed by atoms with van der Waals surface area (Å²) in [6, 6.07) is 5.86. The van der Waals surface area contributed by atoms with Gasteiger partial charge in [0.2, 0.25) is 5.91 Å². The fourth-order valence-corrected chi connectivity index (χ4v) is 3.54. The van der Waals surface area contributed by atoms with E-state index in [1.807, 2.05) is 24.4 Å². The molecule has 0 bridgehead atoms. The van der Waals surface area contributed by atoms with Gasteiger partial charge in [0.05, 0.1) is 17.2 Å². The van der Waals surface area contributed by atoms with Gasteiger partial charge in [-0.1, -0.05) is 18.0 Å². The highest BCUT2D eigenvalue weighted by atomic mass is 35.5. The number of rotatable bonds is 3. The minimum atomic E-state index is 0.252. The summed E-state index contributed by atoms with van der Waals surface area (Å²) in [5, 5.41) is 3.89. The Hall–Kier alpha value is -1.88. The molecule has 0 unspecified atom stereocenters. The quantitative estimate of drug-likeness (QED) is 0.929. The highest BCUT2D eigenvalue weighted by Crippen LogP contribution is 2.27. The Labute approximate surface area is 146 Å². The Balaban J connectivity index is 1.38. The fourth-order valence-electron chi connectivity index (χ4n) is 3.37. The van der Waals surface area contributed by atoms with E-state index >= 15 is 0 Å². The first-order valence-electron chi connectivity index (χ1n) is 8.67. The minimum absolute atomic E-state index is 0.252. The van der Waals surface area contributed by atoms with Crippen molar-refractivity contribution >= 4 is 34.4 Å². The molecule has 2 aliphatic rings. The normalized spacial score (nSPS) is 19.3. The lowest BCUT2D eigenvalue weighted by Crippen LogP contribution is -2.47. The Morgan fingerprint density at radius 2 is 1.96 bits per heavy atom. The van der Waals surface area contributed by atoms with Gasteiger partial charge in [0.15, 0.2) is 0 Å². The van der Waals surface area contributed by atoms with Gasteiger partial charge in [-0.05, 0) is 43.9 Å². The number of benzene rings is 1. The van der Waals surface area contributed by atoms with Crippen LogP contribution in [0.1, 0.15) is 32.1 Å². The molecule has 2 aromatic rings. The number of fused-ring (bicyclic) bond motifs is 1. The van der Waals surface area contributed by atoms with Crippen LogP contribution in [-0.4, -0.2) is 35.0 Å². The maximum absolute atomic E-state index is 12.1. The largest absolute Gasteiger partial charge is 0.355 e. The van der Waals surface area contributed by atoms with Crippen molar-refractivity contribution in [2.75, 3.05) is 18.0 Å². The zero-order chi connectivity index (χ0) is 16.5. The smallest absolute Gasteiger partial charge is 0.223 e. The third-order valence-corrected chi connectivity index (χ3v) is 5.37. The molecule has 0 spiro atoms. The number of nitrogens with one attached hydrogen (secondary N) is 1. The number of hydrogen-bond acceptors (Lipinski definition) is 4. The summed E-state index contributed by atoms with van der Waals surface area (Å²) in [7, 11) is 0. The molecule has 1 aliphatic carbocycles. The van der Waals surface area contributed by atoms with Gasteiger partial charge >= 0.3 is 0 Å². The second kappa shape index (κ2) is 6.55. The van der Waals surface area contributed by atoms with E-state index in [0.717, 1.165) is 55.6 Å². The number of hydrogen-bond donors (Lipinski definition) is 1. The van der Waals surface area contributed by atoms with Gasteiger partial charge < -0.3 is 10.2 Å². The number of halogens is 1. The molecule has 1 amide bonds. The van der Waals surface area contributed by atoms with Crippen LogP contribution >= 0.6 is 11.6 Å². The topological polar surface area (TPSA) is 58.1 Å². The average molecular weight is 345 g/mol. The lowest BCUT2D eigenvalue weighted by molar-refractivity contribution is -0.128. The summed E-state index contributed by atoms with van der Waals surface area (Å²) < 4.78 is 0. The number of carbonyl (C=O) groups excluding carboxylic acids is 1. The van der Waals surface area contributed by atoms with E-state index in [4.69, 9.17) is 16.6 Å². The lowest BCUT2D eigenvalue weighted by Gasteiger charge is -2.34. The van der Waals surface area contributed by atoms with Gasteiger partial charge in [-0.3, -0.25) is 9.78 Å². The van der Waals surface area contributed by atoms with Crippen molar-refractivity contribution < 1.29 is 4.79 Å². The van der Waals surface area contributed by atoms with E-state index in [0.29, 0.717) is 11.1 Å². The summed E-state index contributed by atoms with van der Waals surface area (Å²) in [5.74, 6) is 1.41. The predicted molar refractivity (Wildman–Crippen MR) is 95.3 cm³/mol. The summed E-state index contributed by atoms with van der Waals surface area (Å²) in [6.07, 6.45) is 7.04. The van der Waals surface area contributed by atoms with Gasteiger partial charge in [-0.15, -0.1) is 0 Å². The number of carbonyl (C=O) groups is 1. The van der Waals surface area contributed by atoms with Crippen LogP contribution in [0.4, 0.5) is 5.82 Å². The molecular weight excluding hydrogens is 324 g/mol. The zero-order valence-corrected chi connectivity index (χ0v) is 14.3. The van der Waals surface area contributed by atoms with Gasteiger partial charge in [-0.25, -0.2) is 4.98 Å². The van der Waals surface area contributed by atoms with Crippen LogP contribution in [0.3, 0.4) is 0 Å². The van der Waals surface area contributed by atoms with E-state index in [9.17, 15) is 4.79 Å². The lowest BCUT2D eigenvalue weighted by atomic mass is 9.84. The highest BCUT2D eigenvalue weighted by Gasteiger charge is 2.28. The van der Waals surface area contributed by atoms with Crippen LogP contribution in [0.25, 0.3) is 11.0 Å². The van der Waals surface area contributed by atoms with E-state index in [1.54, 1.807) is 0 Å². The molecule has 0 atom stereocenters. The summed E-state index contributed by atoms with van der Waals surface area (Å²) in [6.45, 7) is 1.78. The van der Waals surface area contributed by atoms with Crippen molar-refractivity contribution in [1.29, 1.82) is 0 Å². The second-order valence-corrected chi connectivity index (χ2v) is 7.20. The minimum Gasteiger partial charge on any atom is -0.355 e. The molecule has 5 nitrogen and oxygen atoms in total. The molecule has 2 heterocycles. The number of aromatic nitrogens is 2. The van der Waals surface area contributed by atoms with Crippen LogP contribution in [0, 0.1) is 5.92 Å². The number of nitrogens with zero attached hydrogens (tertiary/aromatic N) is 3. The van der Waals surface area contributed by atoms with Gasteiger partial charge in [0, 0.05) is 30.1 Å². The number of amides is 1. The van der Waals surface area contributed by atoms with Gasteiger partial charge in [-0.2, -0.15) is 0 Å². The van der Waals surface area contributed by atoms with Crippen molar-refractivity contribution in [3.8, 4) is 0 Å². The molecular formula is C18H21ClN4O.